The Morgan fingerprint density at radius 3 is 2.32 bits per heavy atom. The third-order valence-electron chi connectivity index (χ3n) is 6.18. The molecule has 2 heterocycles. The number of anilines is 1. The van der Waals surface area contributed by atoms with E-state index in [1.165, 1.54) is 19.2 Å². The highest BCUT2D eigenvalue weighted by molar-refractivity contribution is 7.92. The Bertz CT molecular complexity index is 1150. The SMILES string of the molecule is COc1ccc(NS(=O)(=O)c2ccc(C)c(C(=O)N3CCN(C(=O)C4CCCO4)CC3)c2)cc1. The van der Waals surface area contributed by atoms with Gasteiger partial charge in [0.1, 0.15) is 11.9 Å². The van der Waals surface area contributed by atoms with E-state index in [2.05, 4.69) is 4.72 Å². The quantitative estimate of drug-likeness (QED) is 0.670. The number of sulfonamides is 1. The van der Waals surface area contributed by atoms with Crippen LogP contribution in [0, 0.1) is 6.92 Å². The minimum absolute atomic E-state index is 0.00413. The Kier molecular flexibility index (Phi) is 7.08. The van der Waals surface area contributed by atoms with E-state index in [-0.39, 0.29) is 22.8 Å². The van der Waals surface area contributed by atoms with Gasteiger partial charge >= 0.3 is 0 Å². The normalized spacial score (nSPS) is 18.6. The van der Waals surface area contributed by atoms with Gasteiger partial charge in [0.25, 0.3) is 21.8 Å². The summed E-state index contributed by atoms with van der Waals surface area (Å²) < 4.78 is 39.0. The maximum absolute atomic E-state index is 13.2. The third kappa shape index (κ3) is 5.18. The highest BCUT2D eigenvalue weighted by atomic mass is 32.2. The number of nitrogens with one attached hydrogen (secondary N) is 1. The van der Waals surface area contributed by atoms with Crippen molar-refractivity contribution in [2.24, 2.45) is 0 Å². The summed E-state index contributed by atoms with van der Waals surface area (Å²) in [6.07, 6.45) is 1.26. The second kappa shape index (κ2) is 10.0. The van der Waals surface area contributed by atoms with Crippen LogP contribution in [0.4, 0.5) is 5.69 Å². The summed E-state index contributed by atoms with van der Waals surface area (Å²) in [6.45, 7) is 4.02. The second-order valence-corrected chi connectivity index (χ2v) is 10.1. The highest BCUT2D eigenvalue weighted by Crippen LogP contribution is 2.23. The van der Waals surface area contributed by atoms with Crippen molar-refractivity contribution in [3.63, 3.8) is 0 Å². The van der Waals surface area contributed by atoms with Crippen molar-refractivity contribution in [1.29, 1.82) is 0 Å². The van der Waals surface area contributed by atoms with E-state index in [4.69, 9.17) is 9.47 Å². The predicted octanol–water partition coefficient (Wildman–Crippen LogP) is 2.27. The minimum atomic E-state index is -3.89. The first-order valence-corrected chi connectivity index (χ1v) is 12.7. The lowest BCUT2D eigenvalue weighted by Gasteiger charge is -2.36. The maximum Gasteiger partial charge on any atom is 0.261 e. The molecule has 4 rings (SSSR count). The molecule has 2 aliphatic rings. The molecule has 34 heavy (non-hydrogen) atoms. The zero-order chi connectivity index (χ0) is 24.3. The lowest BCUT2D eigenvalue weighted by Crippen LogP contribution is -2.52. The predicted molar refractivity (Wildman–Crippen MR) is 126 cm³/mol. The summed E-state index contributed by atoms with van der Waals surface area (Å²) in [7, 11) is -2.36. The first kappa shape index (κ1) is 24.0. The van der Waals surface area contributed by atoms with Crippen LogP contribution in [0.5, 0.6) is 5.75 Å². The molecule has 10 heteroatoms. The molecule has 2 aromatic carbocycles. The minimum Gasteiger partial charge on any atom is -0.497 e. The third-order valence-corrected chi connectivity index (χ3v) is 7.55. The van der Waals surface area contributed by atoms with Gasteiger partial charge in [-0.2, -0.15) is 0 Å². The molecule has 1 atom stereocenters. The summed E-state index contributed by atoms with van der Waals surface area (Å²) in [5.74, 6) is 0.352. The van der Waals surface area contributed by atoms with Crippen LogP contribution in [0.3, 0.4) is 0 Å². The largest absolute Gasteiger partial charge is 0.497 e. The van der Waals surface area contributed by atoms with Crippen LogP contribution in [0.1, 0.15) is 28.8 Å². The Morgan fingerprint density at radius 2 is 1.71 bits per heavy atom. The van der Waals surface area contributed by atoms with E-state index in [0.717, 1.165) is 12.8 Å². The molecule has 0 radical (unpaired) electrons. The Labute approximate surface area is 199 Å². The molecule has 2 fully saturated rings. The molecule has 2 aromatic rings. The molecule has 0 aliphatic carbocycles. The van der Waals surface area contributed by atoms with E-state index < -0.39 is 10.0 Å². The van der Waals surface area contributed by atoms with Gasteiger partial charge in [-0.3, -0.25) is 14.3 Å². The molecule has 0 saturated carbocycles. The Hall–Kier alpha value is -3.11. The number of aryl methyl sites for hydroxylation is 1. The molecule has 2 saturated heterocycles. The van der Waals surface area contributed by atoms with Gasteiger partial charge in [-0.15, -0.1) is 0 Å². The van der Waals surface area contributed by atoms with E-state index >= 15 is 0 Å². The monoisotopic (exact) mass is 487 g/mol. The number of rotatable bonds is 6. The number of benzene rings is 2. The first-order valence-electron chi connectivity index (χ1n) is 11.3. The molecule has 2 aliphatic heterocycles. The van der Waals surface area contributed by atoms with Crippen LogP contribution in [-0.2, 0) is 19.6 Å². The number of carbonyl (C=O) groups excluding carboxylic acids is 2. The topological polar surface area (TPSA) is 105 Å². The van der Waals surface area contributed by atoms with Crippen molar-refractivity contribution in [1.82, 2.24) is 9.80 Å². The summed E-state index contributed by atoms with van der Waals surface area (Å²) >= 11 is 0. The number of amides is 2. The van der Waals surface area contributed by atoms with Gasteiger partial charge in [-0.25, -0.2) is 8.42 Å². The molecule has 1 N–H and O–H groups in total. The fourth-order valence-corrected chi connectivity index (χ4v) is 5.23. The Balaban J connectivity index is 1.45. The van der Waals surface area contributed by atoms with Gasteiger partial charge in [-0.1, -0.05) is 6.07 Å². The zero-order valence-corrected chi connectivity index (χ0v) is 20.1. The second-order valence-electron chi connectivity index (χ2n) is 8.43. The van der Waals surface area contributed by atoms with Crippen molar-refractivity contribution in [3.05, 3.63) is 53.6 Å². The van der Waals surface area contributed by atoms with Gasteiger partial charge in [0.2, 0.25) is 0 Å². The fourth-order valence-electron chi connectivity index (χ4n) is 4.15. The summed E-state index contributed by atoms with van der Waals surface area (Å²) in [5.41, 5.74) is 1.41. The van der Waals surface area contributed by atoms with Crippen molar-refractivity contribution in [3.8, 4) is 5.75 Å². The van der Waals surface area contributed by atoms with Crippen molar-refractivity contribution in [2.45, 2.75) is 30.8 Å². The molecular formula is C24H29N3O6S. The molecule has 2 amide bonds. The van der Waals surface area contributed by atoms with Crippen LogP contribution in [0.2, 0.25) is 0 Å². The average Bonchev–Trinajstić information content (AvgIpc) is 3.39. The van der Waals surface area contributed by atoms with Gasteiger partial charge < -0.3 is 19.3 Å². The smallest absolute Gasteiger partial charge is 0.261 e. The number of hydrogen-bond acceptors (Lipinski definition) is 6. The lowest BCUT2D eigenvalue weighted by atomic mass is 10.1. The van der Waals surface area contributed by atoms with Gasteiger partial charge in [0, 0.05) is 44.0 Å². The van der Waals surface area contributed by atoms with Crippen LogP contribution in [-0.4, -0.2) is 76.0 Å². The van der Waals surface area contributed by atoms with Crippen LogP contribution >= 0.6 is 0 Å². The standard InChI is InChI=1S/C24H29N3O6S/c1-17-5-10-20(34(30,31)25-18-6-8-19(32-2)9-7-18)16-21(17)23(28)26-11-13-27(14-12-26)24(29)22-4-3-15-33-22/h5-10,16,22,25H,3-4,11-15H2,1-2H3. The van der Waals surface area contributed by atoms with Gasteiger partial charge in [0.15, 0.2) is 0 Å². The molecule has 0 bridgehead atoms. The molecule has 182 valence electrons. The number of hydrogen-bond donors (Lipinski definition) is 1. The van der Waals surface area contributed by atoms with Crippen LogP contribution < -0.4 is 9.46 Å². The van der Waals surface area contributed by atoms with Crippen LogP contribution in [0.15, 0.2) is 47.4 Å². The van der Waals surface area contributed by atoms with E-state index in [1.54, 1.807) is 47.1 Å². The first-order chi connectivity index (χ1) is 16.3. The number of ether oxygens (including phenoxy) is 2. The average molecular weight is 488 g/mol. The molecular weight excluding hydrogens is 458 g/mol. The van der Waals surface area contributed by atoms with Crippen molar-refractivity contribution >= 4 is 27.5 Å². The number of carbonyl (C=O) groups is 2. The molecule has 9 nitrogen and oxygen atoms in total. The van der Waals surface area contributed by atoms with Gasteiger partial charge in [0.05, 0.1) is 12.0 Å². The lowest BCUT2D eigenvalue weighted by molar-refractivity contribution is -0.142. The number of methoxy groups -OCH3 is 1. The van der Waals surface area contributed by atoms with E-state index in [1.807, 2.05) is 0 Å². The highest BCUT2D eigenvalue weighted by Gasteiger charge is 2.32. The summed E-state index contributed by atoms with van der Waals surface area (Å²) in [6, 6.07) is 11.1. The van der Waals surface area contributed by atoms with Crippen molar-refractivity contribution in [2.75, 3.05) is 44.6 Å². The molecule has 0 spiro atoms. The van der Waals surface area contributed by atoms with Crippen LogP contribution in [0.25, 0.3) is 0 Å². The summed E-state index contributed by atoms with van der Waals surface area (Å²) in [5, 5.41) is 0. The molecule has 1 unspecified atom stereocenters. The Morgan fingerprint density at radius 1 is 1.03 bits per heavy atom. The molecule has 0 aromatic heterocycles. The van der Waals surface area contributed by atoms with E-state index in [9.17, 15) is 18.0 Å². The number of nitrogens with zero attached hydrogens (tertiary/aromatic N) is 2. The van der Waals surface area contributed by atoms with E-state index in [0.29, 0.717) is 55.3 Å². The summed E-state index contributed by atoms with van der Waals surface area (Å²) in [4.78, 5) is 29.2. The van der Waals surface area contributed by atoms with Crippen molar-refractivity contribution < 1.29 is 27.5 Å². The number of piperazine rings is 1. The zero-order valence-electron chi connectivity index (χ0n) is 19.3. The van der Waals surface area contributed by atoms with Gasteiger partial charge in [-0.05, 0) is 61.7 Å². The fraction of sp³-hybridized carbons (Fsp3) is 0.417. The maximum atomic E-state index is 13.2.